The van der Waals surface area contributed by atoms with Crippen LogP contribution in [0.5, 0.6) is 0 Å². The summed E-state index contributed by atoms with van der Waals surface area (Å²) in [5, 5.41) is 9.28. The summed E-state index contributed by atoms with van der Waals surface area (Å²) < 4.78 is 5.37. The van der Waals surface area contributed by atoms with Gasteiger partial charge in [0.25, 0.3) is 0 Å². The van der Waals surface area contributed by atoms with Crippen LogP contribution < -0.4 is 15.4 Å². The van der Waals surface area contributed by atoms with E-state index in [0.29, 0.717) is 11.4 Å². The molecule has 0 aliphatic carbocycles. The zero-order valence-corrected chi connectivity index (χ0v) is 13.4. The minimum absolute atomic E-state index is 0.0977. The number of anilines is 2. The monoisotopic (exact) mass is 309 g/mol. The highest BCUT2D eigenvalue weighted by atomic mass is 16.4. The van der Waals surface area contributed by atoms with Crippen LogP contribution in [0.3, 0.4) is 0 Å². The molecule has 2 aromatic rings. The predicted octanol–water partition coefficient (Wildman–Crippen LogP) is 2.84. The molecule has 2 heterocycles. The smallest absolute Gasteiger partial charge is 0.356 e. The lowest BCUT2D eigenvalue weighted by Gasteiger charge is -2.19. The van der Waals surface area contributed by atoms with Crippen LogP contribution in [-0.4, -0.2) is 27.2 Å². The van der Waals surface area contributed by atoms with Crippen molar-refractivity contribution in [3.05, 3.63) is 46.3 Å². The van der Waals surface area contributed by atoms with Crippen LogP contribution in [-0.2, 0) is 0 Å². The average molecular weight is 309 g/mol. The first-order chi connectivity index (χ1) is 11.1. The summed E-state index contributed by atoms with van der Waals surface area (Å²) >= 11 is 0. The minimum atomic E-state index is -0.566. The van der Waals surface area contributed by atoms with Crippen molar-refractivity contribution in [2.24, 2.45) is 0 Å². The number of nitriles is 1. The van der Waals surface area contributed by atoms with Crippen LogP contribution in [0.2, 0.25) is 0 Å². The van der Waals surface area contributed by atoms with Crippen molar-refractivity contribution in [2.45, 2.75) is 12.8 Å². The van der Waals surface area contributed by atoms with Crippen LogP contribution >= 0.6 is 0 Å². The third kappa shape index (κ3) is 2.93. The van der Waals surface area contributed by atoms with E-state index >= 15 is 0 Å². The van der Waals surface area contributed by atoms with E-state index in [-0.39, 0.29) is 5.56 Å². The van der Waals surface area contributed by atoms with Gasteiger partial charge in [-0.3, -0.25) is 0 Å². The molecule has 1 saturated heterocycles. The van der Waals surface area contributed by atoms with Gasteiger partial charge < -0.3 is 14.2 Å². The molecule has 1 aliphatic rings. The Hall–Kier alpha value is -2.74. The maximum Gasteiger partial charge on any atom is 0.356 e. The predicted molar refractivity (Wildman–Crippen MR) is 90.9 cm³/mol. The first-order valence-corrected chi connectivity index (χ1v) is 7.71. The molecule has 0 atom stereocenters. The number of hydrogen-bond acceptors (Lipinski definition) is 5. The Kier molecular flexibility index (Phi) is 4.07. The summed E-state index contributed by atoms with van der Waals surface area (Å²) in [7, 11) is 3.95. The van der Waals surface area contributed by atoms with E-state index in [1.54, 1.807) is 0 Å². The summed E-state index contributed by atoms with van der Waals surface area (Å²) in [4.78, 5) is 16.3. The largest absolute Gasteiger partial charge is 0.422 e. The summed E-state index contributed by atoms with van der Waals surface area (Å²) in [5.41, 5.74) is 2.12. The number of benzene rings is 1. The molecule has 0 N–H and O–H groups in total. The lowest BCUT2D eigenvalue weighted by molar-refractivity contribution is 0.523. The van der Waals surface area contributed by atoms with Gasteiger partial charge in [0.1, 0.15) is 11.8 Å². The highest BCUT2D eigenvalue weighted by Gasteiger charge is 2.20. The van der Waals surface area contributed by atoms with Gasteiger partial charge in [-0.2, -0.15) is 5.26 Å². The van der Waals surface area contributed by atoms with Crippen LogP contribution in [0.25, 0.3) is 11.3 Å². The number of hydrogen-bond donors (Lipinski definition) is 0. The molecule has 118 valence electrons. The Morgan fingerprint density at radius 1 is 1.17 bits per heavy atom. The van der Waals surface area contributed by atoms with Gasteiger partial charge in [0.15, 0.2) is 5.56 Å². The van der Waals surface area contributed by atoms with E-state index < -0.39 is 5.63 Å². The van der Waals surface area contributed by atoms with Gasteiger partial charge in [-0.15, -0.1) is 0 Å². The zero-order chi connectivity index (χ0) is 16.4. The van der Waals surface area contributed by atoms with Gasteiger partial charge in [0.2, 0.25) is 0 Å². The molecule has 23 heavy (non-hydrogen) atoms. The summed E-state index contributed by atoms with van der Waals surface area (Å²) in [5.74, 6) is 0.501. The molecule has 0 spiro atoms. The summed E-state index contributed by atoms with van der Waals surface area (Å²) in [6.07, 6.45) is 2.16. The molecule has 1 aromatic carbocycles. The second kappa shape index (κ2) is 6.17. The van der Waals surface area contributed by atoms with Gasteiger partial charge in [-0.25, -0.2) is 4.79 Å². The first kappa shape index (κ1) is 15.2. The molecule has 0 saturated carbocycles. The van der Waals surface area contributed by atoms with Crippen molar-refractivity contribution in [2.75, 3.05) is 37.0 Å². The van der Waals surface area contributed by atoms with E-state index in [0.717, 1.165) is 37.2 Å². The molecule has 0 radical (unpaired) electrons. The second-order valence-corrected chi connectivity index (χ2v) is 5.91. The Labute approximate surface area is 135 Å². The summed E-state index contributed by atoms with van der Waals surface area (Å²) in [6, 6.07) is 11.6. The van der Waals surface area contributed by atoms with E-state index in [4.69, 9.17) is 4.42 Å². The second-order valence-electron chi connectivity index (χ2n) is 5.91. The van der Waals surface area contributed by atoms with Gasteiger partial charge in [0, 0.05) is 44.5 Å². The van der Waals surface area contributed by atoms with Crippen molar-refractivity contribution in [3.8, 4) is 17.4 Å². The first-order valence-electron chi connectivity index (χ1n) is 7.71. The number of rotatable bonds is 3. The van der Waals surface area contributed by atoms with E-state index in [1.165, 1.54) is 0 Å². The molecule has 5 heteroatoms. The van der Waals surface area contributed by atoms with Crippen molar-refractivity contribution in [1.82, 2.24) is 0 Å². The fraction of sp³-hybridized carbons (Fsp3) is 0.333. The molecule has 1 aliphatic heterocycles. The molecule has 0 unspecified atom stereocenters. The molecule has 3 rings (SSSR count). The van der Waals surface area contributed by atoms with E-state index in [1.807, 2.05) is 55.4 Å². The Balaban J connectivity index is 2.06. The highest BCUT2D eigenvalue weighted by Crippen LogP contribution is 2.29. The standard InChI is InChI=1S/C18H19N3O2/c1-20(2)14-7-5-13(6-8-14)17-11-16(21-9-3-4-10-21)15(12-19)18(22)23-17/h5-8,11H,3-4,9-10H2,1-2H3. The third-order valence-corrected chi connectivity index (χ3v) is 4.16. The quantitative estimate of drug-likeness (QED) is 0.872. The van der Waals surface area contributed by atoms with Gasteiger partial charge in [-0.1, -0.05) is 0 Å². The SMILES string of the molecule is CN(C)c1ccc(-c2cc(N3CCCC3)c(C#N)c(=O)o2)cc1. The van der Waals surface area contributed by atoms with Crippen molar-refractivity contribution < 1.29 is 4.42 Å². The van der Waals surface area contributed by atoms with Crippen LogP contribution in [0.1, 0.15) is 18.4 Å². The Morgan fingerprint density at radius 3 is 2.39 bits per heavy atom. The third-order valence-electron chi connectivity index (χ3n) is 4.16. The Bertz CT molecular complexity index is 794. The topological polar surface area (TPSA) is 60.5 Å². The summed E-state index contributed by atoms with van der Waals surface area (Å²) in [6.45, 7) is 1.74. The van der Waals surface area contributed by atoms with Gasteiger partial charge in [0.05, 0.1) is 5.69 Å². The zero-order valence-electron chi connectivity index (χ0n) is 13.4. The van der Waals surface area contributed by atoms with Gasteiger partial charge in [-0.05, 0) is 37.1 Å². The lowest BCUT2D eigenvalue weighted by Crippen LogP contribution is -2.22. The van der Waals surface area contributed by atoms with Crippen LogP contribution in [0.4, 0.5) is 11.4 Å². The maximum atomic E-state index is 12.2. The van der Waals surface area contributed by atoms with Crippen molar-refractivity contribution in [3.63, 3.8) is 0 Å². The lowest BCUT2D eigenvalue weighted by atomic mass is 10.1. The molecule has 1 aromatic heterocycles. The highest BCUT2D eigenvalue weighted by molar-refractivity contribution is 5.69. The normalized spacial score (nSPS) is 13.9. The molecular weight excluding hydrogens is 290 g/mol. The fourth-order valence-corrected chi connectivity index (χ4v) is 2.86. The van der Waals surface area contributed by atoms with Gasteiger partial charge >= 0.3 is 5.63 Å². The number of nitrogens with zero attached hydrogens (tertiary/aromatic N) is 3. The molecule has 0 amide bonds. The minimum Gasteiger partial charge on any atom is -0.422 e. The van der Waals surface area contributed by atoms with Crippen LogP contribution in [0.15, 0.2) is 39.5 Å². The van der Waals surface area contributed by atoms with E-state index in [9.17, 15) is 10.1 Å². The van der Waals surface area contributed by atoms with Crippen molar-refractivity contribution >= 4 is 11.4 Å². The Morgan fingerprint density at radius 2 is 1.83 bits per heavy atom. The average Bonchev–Trinajstić information content (AvgIpc) is 3.08. The van der Waals surface area contributed by atoms with Crippen molar-refractivity contribution in [1.29, 1.82) is 5.26 Å². The fourth-order valence-electron chi connectivity index (χ4n) is 2.86. The maximum absolute atomic E-state index is 12.2. The molecule has 1 fully saturated rings. The van der Waals surface area contributed by atoms with E-state index in [2.05, 4.69) is 4.90 Å². The molecule has 5 nitrogen and oxygen atoms in total. The molecular formula is C18H19N3O2. The molecule has 0 bridgehead atoms. The van der Waals surface area contributed by atoms with Crippen LogP contribution in [0, 0.1) is 11.3 Å².